The van der Waals surface area contributed by atoms with Crippen molar-refractivity contribution in [3.8, 4) is 0 Å². The molecule has 4 heteroatoms. The minimum Gasteiger partial charge on any atom is -0.357 e. The summed E-state index contributed by atoms with van der Waals surface area (Å²) in [6, 6.07) is 5.17. The molecule has 2 nitrogen and oxygen atoms in total. The summed E-state index contributed by atoms with van der Waals surface area (Å²) in [5.41, 5.74) is 1.62. The topological polar surface area (TPSA) is 32.9 Å². The number of benzene rings is 1. The molecule has 1 aromatic carbocycles. The second-order valence-electron chi connectivity index (χ2n) is 3.32. The highest BCUT2D eigenvalue weighted by Crippen LogP contribution is 2.24. The SMILES string of the molecule is CCc1cc(=O)c2cc(Br)cc(Cl)c2[nH]1. The zero-order chi connectivity index (χ0) is 11.0. The van der Waals surface area contributed by atoms with E-state index in [1.165, 1.54) is 0 Å². The van der Waals surface area contributed by atoms with Crippen LogP contribution in [-0.4, -0.2) is 4.98 Å². The number of pyridine rings is 1. The summed E-state index contributed by atoms with van der Waals surface area (Å²) in [5, 5.41) is 1.18. The van der Waals surface area contributed by atoms with Crippen LogP contribution in [0, 0.1) is 0 Å². The second-order valence-corrected chi connectivity index (χ2v) is 4.65. The highest BCUT2D eigenvalue weighted by atomic mass is 79.9. The summed E-state index contributed by atoms with van der Waals surface area (Å²) in [6.07, 6.45) is 0.789. The van der Waals surface area contributed by atoms with E-state index in [9.17, 15) is 4.79 Å². The molecule has 0 aliphatic rings. The van der Waals surface area contributed by atoms with Crippen LogP contribution in [0.2, 0.25) is 5.02 Å². The molecule has 0 saturated carbocycles. The molecule has 0 fully saturated rings. The summed E-state index contributed by atoms with van der Waals surface area (Å²) < 4.78 is 0.815. The molecule has 15 heavy (non-hydrogen) atoms. The number of rotatable bonds is 1. The predicted molar refractivity (Wildman–Crippen MR) is 66.7 cm³/mol. The molecule has 0 spiro atoms. The molecule has 0 amide bonds. The number of nitrogens with one attached hydrogen (secondary N) is 1. The smallest absolute Gasteiger partial charge is 0.189 e. The average molecular weight is 287 g/mol. The van der Waals surface area contributed by atoms with Gasteiger partial charge in [0.25, 0.3) is 0 Å². The fourth-order valence-corrected chi connectivity index (χ4v) is 2.37. The Kier molecular flexibility index (Phi) is 2.85. The van der Waals surface area contributed by atoms with E-state index in [1.807, 2.05) is 6.92 Å². The molecule has 1 N–H and O–H groups in total. The Bertz CT molecular complexity index is 577. The van der Waals surface area contributed by atoms with Crippen molar-refractivity contribution in [2.45, 2.75) is 13.3 Å². The number of aryl methyl sites for hydroxylation is 1. The van der Waals surface area contributed by atoms with Crippen LogP contribution >= 0.6 is 27.5 Å². The van der Waals surface area contributed by atoms with Crippen LogP contribution in [0.4, 0.5) is 0 Å². The number of aromatic nitrogens is 1. The maximum Gasteiger partial charge on any atom is 0.189 e. The van der Waals surface area contributed by atoms with Gasteiger partial charge >= 0.3 is 0 Å². The molecule has 0 aliphatic carbocycles. The van der Waals surface area contributed by atoms with Crippen molar-refractivity contribution in [3.63, 3.8) is 0 Å². The third-order valence-electron chi connectivity index (χ3n) is 2.29. The van der Waals surface area contributed by atoms with Gasteiger partial charge in [-0.1, -0.05) is 34.5 Å². The standard InChI is InChI=1S/C11H9BrClNO/c1-2-7-5-10(15)8-3-6(12)4-9(13)11(8)14-7/h3-5H,2H2,1H3,(H,14,15). The van der Waals surface area contributed by atoms with Gasteiger partial charge in [0.05, 0.1) is 10.5 Å². The number of halogens is 2. The molecule has 78 valence electrons. The van der Waals surface area contributed by atoms with Crippen LogP contribution in [0.25, 0.3) is 10.9 Å². The molecule has 1 heterocycles. The number of aromatic amines is 1. The van der Waals surface area contributed by atoms with Crippen molar-refractivity contribution >= 4 is 38.4 Å². The lowest BCUT2D eigenvalue weighted by molar-refractivity contribution is 1.05. The Morgan fingerprint density at radius 2 is 2.13 bits per heavy atom. The minimum absolute atomic E-state index is 0.00352. The van der Waals surface area contributed by atoms with Gasteiger partial charge in [0, 0.05) is 21.6 Å². The zero-order valence-corrected chi connectivity index (χ0v) is 10.4. The number of hydrogen-bond acceptors (Lipinski definition) is 1. The van der Waals surface area contributed by atoms with Gasteiger partial charge < -0.3 is 4.98 Å². The van der Waals surface area contributed by atoms with Gasteiger partial charge in [-0.05, 0) is 18.6 Å². The van der Waals surface area contributed by atoms with Gasteiger partial charge in [-0.3, -0.25) is 4.79 Å². The molecule has 0 aliphatic heterocycles. The van der Waals surface area contributed by atoms with E-state index >= 15 is 0 Å². The Hall–Kier alpha value is -0.800. The van der Waals surface area contributed by atoms with Crippen molar-refractivity contribution in [1.82, 2.24) is 4.98 Å². The lowest BCUT2D eigenvalue weighted by Crippen LogP contribution is -2.04. The van der Waals surface area contributed by atoms with Crippen LogP contribution in [-0.2, 0) is 6.42 Å². The first kappa shape index (κ1) is 10.7. The van der Waals surface area contributed by atoms with Gasteiger partial charge in [0.15, 0.2) is 5.43 Å². The van der Waals surface area contributed by atoms with E-state index in [0.717, 1.165) is 16.6 Å². The Labute approximate surface area is 100 Å². The largest absolute Gasteiger partial charge is 0.357 e. The molecular formula is C11H9BrClNO. The van der Waals surface area contributed by atoms with Crippen LogP contribution in [0.15, 0.2) is 27.5 Å². The van der Waals surface area contributed by atoms with Crippen LogP contribution < -0.4 is 5.43 Å². The molecule has 0 saturated heterocycles. The first-order valence-corrected chi connectivity index (χ1v) is 5.80. The summed E-state index contributed by atoms with van der Waals surface area (Å²) in [4.78, 5) is 14.9. The van der Waals surface area contributed by atoms with Gasteiger partial charge in [-0.2, -0.15) is 0 Å². The monoisotopic (exact) mass is 285 g/mol. The molecule has 1 aromatic heterocycles. The molecule has 0 unspecified atom stereocenters. The van der Waals surface area contributed by atoms with E-state index in [0.29, 0.717) is 15.9 Å². The molecule has 0 atom stereocenters. The summed E-state index contributed by atoms with van der Waals surface area (Å²) in [7, 11) is 0. The molecule has 0 bridgehead atoms. The summed E-state index contributed by atoms with van der Waals surface area (Å²) in [5.74, 6) is 0. The summed E-state index contributed by atoms with van der Waals surface area (Å²) in [6.45, 7) is 1.99. The van der Waals surface area contributed by atoms with Crippen molar-refractivity contribution in [1.29, 1.82) is 0 Å². The highest BCUT2D eigenvalue weighted by molar-refractivity contribution is 9.10. The van der Waals surface area contributed by atoms with E-state index < -0.39 is 0 Å². The zero-order valence-electron chi connectivity index (χ0n) is 8.10. The quantitative estimate of drug-likeness (QED) is 0.855. The van der Waals surface area contributed by atoms with Crippen molar-refractivity contribution < 1.29 is 0 Å². The first-order valence-electron chi connectivity index (χ1n) is 4.62. The van der Waals surface area contributed by atoms with E-state index in [-0.39, 0.29) is 5.43 Å². The molecular weight excluding hydrogens is 277 g/mol. The maximum absolute atomic E-state index is 11.8. The van der Waals surface area contributed by atoms with Gasteiger partial charge in [0.1, 0.15) is 0 Å². The lowest BCUT2D eigenvalue weighted by atomic mass is 10.2. The minimum atomic E-state index is 0.00352. The first-order chi connectivity index (χ1) is 7.11. The van der Waals surface area contributed by atoms with Crippen LogP contribution in [0.5, 0.6) is 0 Å². The average Bonchev–Trinajstić information content (AvgIpc) is 2.19. The van der Waals surface area contributed by atoms with E-state index in [2.05, 4.69) is 20.9 Å². The third kappa shape index (κ3) is 1.94. The van der Waals surface area contributed by atoms with Gasteiger partial charge in [-0.15, -0.1) is 0 Å². The van der Waals surface area contributed by atoms with Crippen LogP contribution in [0.3, 0.4) is 0 Å². The maximum atomic E-state index is 11.8. The number of hydrogen-bond donors (Lipinski definition) is 1. The summed E-state index contributed by atoms with van der Waals surface area (Å²) >= 11 is 9.38. The third-order valence-corrected chi connectivity index (χ3v) is 3.05. The Balaban J connectivity index is 2.91. The van der Waals surface area contributed by atoms with Gasteiger partial charge in [0.2, 0.25) is 0 Å². The van der Waals surface area contributed by atoms with Gasteiger partial charge in [-0.25, -0.2) is 0 Å². The Morgan fingerprint density at radius 3 is 2.80 bits per heavy atom. The van der Waals surface area contributed by atoms with Crippen molar-refractivity contribution in [2.75, 3.05) is 0 Å². The van der Waals surface area contributed by atoms with Crippen molar-refractivity contribution in [3.05, 3.63) is 43.6 Å². The van der Waals surface area contributed by atoms with E-state index in [1.54, 1.807) is 18.2 Å². The molecule has 2 rings (SSSR count). The normalized spacial score (nSPS) is 10.9. The number of H-pyrrole nitrogens is 1. The Morgan fingerprint density at radius 1 is 1.40 bits per heavy atom. The predicted octanol–water partition coefficient (Wildman–Crippen LogP) is 3.51. The fraction of sp³-hybridized carbons (Fsp3) is 0.182. The van der Waals surface area contributed by atoms with Crippen molar-refractivity contribution in [2.24, 2.45) is 0 Å². The number of fused-ring (bicyclic) bond motifs is 1. The second kappa shape index (κ2) is 3.99. The highest BCUT2D eigenvalue weighted by Gasteiger charge is 2.06. The van der Waals surface area contributed by atoms with E-state index in [4.69, 9.17) is 11.6 Å². The fourth-order valence-electron chi connectivity index (χ4n) is 1.52. The van der Waals surface area contributed by atoms with Crippen LogP contribution in [0.1, 0.15) is 12.6 Å². The molecule has 0 radical (unpaired) electrons. The lowest BCUT2D eigenvalue weighted by Gasteiger charge is -2.04. The molecule has 2 aromatic rings.